The number of benzene rings is 1. The first-order chi connectivity index (χ1) is 6.74. The second-order valence-corrected chi connectivity index (χ2v) is 2.89. The Hall–Kier alpha value is -1.57. The monoisotopic (exact) mass is 190 g/mol. The zero-order valence-corrected chi connectivity index (χ0v) is 8.88. The molecule has 1 aromatic carbocycles. The van der Waals surface area contributed by atoms with E-state index in [1.165, 1.54) is 17.3 Å². The van der Waals surface area contributed by atoms with Gasteiger partial charge < -0.3 is 10.7 Å². The van der Waals surface area contributed by atoms with Crippen molar-refractivity contribution in [2.24, 2.45) is 0 Å². The zero-order valence-electron chi connectivity index (χ0n) is 8.88. The third-order valence-electron chi connectivity index (χ3n) is 1.66. The van der Waals surface area contributed by atoms with Gasteiger partial charge in [-0.25, -0.2) is 0 Å². The summed E-state index contributed by atoms with van der Waals surface area (Å²) < 4.78 is 0. The highest BCUT2D eigenvalue weighted by Crippen LogP contribution is 2.01. The van der Waals surface area contributed by atoms with Gasteiger partial charge in [0.05, 0.1) is 0 Å². The smallest absolute Gasteiger partial charge is 0.00714 e. The molecule has 0 fully saturated rings. The van der Waals surface area contributed by atoms with E-state index in [9.17, 15) is 0 Å². The molecule has 0 heterocycles. The van der Waals surface area contributed by atoms with Crippen LogP contribution in [0.15, 0.2) is 37.0 Å². The van der Waals surface area contributed by atoms with Crippen LogP contribution in [0.4, 0.5) is 0 Å². The highest BCUT2D eigenvalue weighted by molar-refractivity contribution is 5.57. The highest BCUT2D eigenvalue weighted by Gasteiger charge is 1.86. The molecule has 0 aliphatic rings. The predicted octanol–water partition coefficient (Wildman–Crippen LogP) is 2.54. The summed E-state index contributed by atoms with van der Waals surface area (Å²) in [4.78, 5) is 0. The van der Waals surface area contributed by atoms with Crippen molar-refractivity contribution in [2.75, 3.05) is 7.05 Å². The third kappa shape index (κ3) is 6.00. The fourth-order valence-electron chi connectivity index (χ4n) is 0.842. The Morgan fingerprint density at radius 2 is 1.86 bits per heavy atom. The fourth-order valence-corrected chi connectivity index (χ4v) is 0.842. The Morgan fingerprint density at radius 3 is 2.21 bits per heavy atom. The lowest BCUT2D eigenvalue weighted by atomic mass is 10.1. The van der Waals surface area contributed by atoms with Crippen LogP contribution in [0.25, 0.3) is 0 Å². The molecule has 0 saturated heterocycles. The molecule has 0 saturated carbocycles. The summed E-state index contributed by atoms with van der Waals surface area (Å²) >= 11 is 0. The van der Waals surface area contributed by atoms with Crippen molar-refractivity contribution in [1.82, 2.24) is 5.32 Å². The second-order valence-electron chi connectivity index (χ2n) is 2.89. The minimum absolute atomic E-state index is 0.750. The Kier molecular flexibility index (Phi) is 7.15. The minimum atomic E-state index is 0.750. The lowest BCUT2D eigenvalue weighted by molar-refractivity contribution is 1.11. The van der Waals surface area contributed by atoms with Gasteiger partial charge >= 0.3 is 0 Å². The van der Waals surface area contributed by atoms with Crippen LogP contribution in [-0.2, 0) is 6.42 Å². The van der Waals surface area contributed by atoms with Gasteiger partial charge in [-0.15, -0.1) is 0 Å². The van der Waals surface area contributed by atoms with Gasteiger partial charge in [-0.05, 0) is 24.9 Å². The number of hydrogen-bond acceptors (Lipinski definition) is 2. The molecule has 0 amide bonds. The molecule has 0 aliphatic heterocycles. The van der Waals surface area contributed by atoms with Crippen LogP contribution in [0, 0.1) is 12.3 Å². The van der Waals surface area contributed by atoms with E-state index in [-0.39, 0.29) is 0 Å². The van der Waals surface area contributed by atoms with E-state index in [1.807, 2.05) is 7.05 Å². The van der Waals surface area contributed by atoms with Crippen LogP contribution in [-0.4, -0.2) is 13.3 Å². The maximum atomic E-state index is 6.87. The molecule has 76 valence electrons. The van der Waals surface area contributed by atoms with E-state index < -0.39 is 0 Å². The maximum absolute atomic E-state index is 6.87. The maximum Gasteiger partial charge on any atom is 0.00714 e. The molecule has 0 bridgehead atoms. The average molecular weight is 190 g/mol. The number of aryl methyl sites for hydroxylation is 1. The molecule has 0 spiro atoms. The second kappa shape index (κ2) is 8.05. The molecule has 0 aliphatic carbocycles. The van der Waals surface area contributed by atoms with Gasteiger partial charge in [-0.1, -0.05) is 36.4 Å². The Labute approximate surface area is 86.2 Å². The molecule has 0 atom stereocenters. The fraction of sp³-hybridized carbons (Fsp3) is 0.250. The van der Waals surface area contributed by atoms with Crippen molar-refractivity contribution in [2.45, 2.75) is 13.3 Å². The number of nitrogens with one attached hydrogen (secondary N) is 2. The quantitative estimate of drug-likeness (QED) is 0.706. The van der Waals surface area contributed by atoms with Crippen LogP contribution < -0.4 is 5.32 Å². The summed E-state index contributed by atoms with van der Waals surface area (Å²) in [6, 6.07) is 8.25. The molecule has 14 heavy (non-hydrogen) atoms. The lowest BCUT2D eigenvalue weighted by Gasteiger charge is -1.94. The summed E-state index contributed by atoms with van der Waals surface area (Å²) in [7, 11) is 1.81. The Balaban J connectivity index is 0.000000364. The number of rotatable bonds is 3. The summed E-state index contributed by atoms with van der Waals surface area (Å²) in [5.74, 6) is 0. The van der Waals surface area contributed by atoms with E-state index in [0.29, 0.717) is 0 Å². The normalized spacial score (nSPS) is 8.14. The first-order valence-electron chi connectivity index (χ1n) is 4.57. The van der Waals surface area contributed by atoms with Crippen molar-refractivity contribution in [1.29, 1.82) is 5.41 Å². The molecule has 0 aromatic heterocycles. The van der Waals surface area contributed by atoms with E-state index in [2.05, 4.69) is 43.1 Å². The summed E-state index contributed by atoms with van der Waals surface area (Å²) in [5, 5.41) is 9.56. The van der Waals surface area contributed by atoms with Crippen molar-refractivity contribution < 1.29 is 0 Å². The summed E-state index contributed by atoms with van der Waals surface area (Å²) in [6.07, 6.45) is 3.80. The van der Waals surface area contributed by atoms with E-state index in [4.69, 9.17) is 5.41 Å². The van der Waals surface area contributed by atoms with Crippen LogP contribution >= 0.6 is 0 Å². The number of hydrogen-bond donors (Lipinski definition) is 2. The van der Waals surface area contributed by atoms with Crippen molar-refractivity contribution >= 4 is 6.21 Å². The molecule has 1 aromatic rings. The van der Waals surface area contributed by atoms with Crippen molar-refractivity contribution in [3.63, 3.8) is 0 Å². The van der Waals surface area contributed by atoms with Crippen molar-refractivity contribution in [3.8, 4) is 0 Å². The van der Waals surface area contributed by atoms with E-state index in [0.717, 1.165) is 6.42 Å². The SMILES string of the molecule is C=CNC.Cc1ccc(CC=N)cc1. The zero-order chi connectivity index (χ0) is 10.8. The average Bonchev–Trinajstić information content (AvgIpc) is 2.22. The van der Waals surface area contributed by atoms with E-state index in [1.54, 1.807) is 6.20 Å². The largest absolute Gasteiger partial charge is 0.394 e. The Bertz CT molecular complexity index is 262. The summed E-state index contributed by atoms with van der Waals surface area (Å²) in [5.41, 5.74) is 2.48. The highest BCUT2D eigenvalue weighted by atomic mass is 14.8. The van der Waals surface area contributed by atoms with Gasteiger partial charge in [0.15, 0.2) is 0 Å². The first kappa shape index (κ1) is 12.4. The molecule has 2 N–H and O–H groups in total. The van der Waals surface area contributed by atoms with Gasteiger partial charge in [0.25, 0.3) is 0 Å². The van der Waals surface area contributed by atoms with Gasteiger partial charge in [0, 0.05) is 13.5 Å². The van der Waals surface area contributed by atoms with Gasteiger partial charge in [0.2, 0.25) is 0 Å². The molecule has 2 heteroatoms. The molecule has 0 unspecified atom stereocenters. The molecular formula is C12H18N2. The lowest BCUT2D eigenvalue weighted by Crippen LogP contribution is -1.87. The first-order valence-corrected chi connectivity index (χ1v) is 4.57. The standard InChI is InChI=1S/C9H11N.C3H7N/c1-8-2-4-9(5-3-8)6-7-10;1-3-4-2/h2-5,7,10H,6H2,1H3;3-4H,1H2,2H3. The summed E-state index contributed by atoms with van der Waals surface area (Å²) in [6.45, 7) is 5.43. The van der Waals surface area contributed by atoms with Crippen LogP contribution in [0.1, 0.15) is 11.1 Å². The van der Waals surface area contributed by atoms with E-state index >= 15 is 0 Å². The molecule has 0 radical (unpaired) electrons. The molecule has 2 nitrogen and oxygen atoms in total. The minimum Gasteiger partial charge on any atom is -0.394 e. The van der Waals surface area contributed by atoms with Crippen molar-refractivity contribution in [3.05, 3.63) is 48.2 Å². The van der Waals surface area contributed by atoms with Crippen LogP contribution in [0.5, 0.6) is 0 Å². The third-order valence-corrected chi connectivity index (χ3v) is 1.66. The van der Waals surface area contributed by atoms with Gasteiger partial charge in [-0.2, -0.15) is 0 Å². The molecule has 1 rings (SSSR count). The topological polar surface area (TPSA) is 35.9 Å². The molecular weight excluding hydrogens is 172 g/mol. The van der Waals surface area contributed by atoms with Gasteiger partial charge in [-0.3, -0.25) is 0 Å². The predicted molar refractivity (Wildman–Crippen MR) is 62.9 cm³/mol. The van der Waals surface area contributed by atoms with Gasteiger partial charge in [0.1, 0.15) is 0 Å². The van der Waals surface area contributed by atoms with Crippen LogP contribution in [0.2, 0.25) is 0 Å². The Morgan fingerprint density at radius 1 is 1.36 bits per heavy atom. The van der Waals surface area contributed by atoms with Crippen LogP contribution in [0.3, 0.4) is 0 Å².